The normalized spacial score (nSPS) is 19.7. The summed E-state index contributed by atoms with van der Waals surface area (Å²) in [5, 5.41) is 0.508. The van der Waals surface area contributed by atoms with Crippen molar-refractivity contribution in [3.63, 3.8) is 0 Å². The third-order valence-corrected chi connectivity index (χ3v) is 1.97. The standard InChI is InChI=1S/C6H11Cl.Al.H3N.3H/c7-6-4-2-1-3-5-6;;;;;/h6H,1-5H2;;1H3;;;. The van der Waals surface area contributed by atoms with E-state index in [0.717, 1.165) is 0 Å². The Morgan fingerprint density at radius 2 is 1.44 bits per heavy atom. The van der Waals surface area contributed by atoms with Crippen LogP contribution < -0.4 is 6.15 Å². The van der Waals surface area contributed by atoms with Crippen molar-refractivity contribution in [2.45, 2.75) is 37.5 Å². The summed E-state index contributed by atoms with van der Waals surface area (Å²) in [6, 6.07) is 0. The monoisotopic (exact) mass is 165 g/mol. The SMILES string of the molecule is ClC1CCCCC1.N.[AlH3]. The van der Waals surface area contributed by atoms with E-state index in [4.69, 9.17) is 11.6 Å². The van der Waals surface area contributed by atoms with Gasteiger partial charge < -0.3 is 6.15 Å². The molecular formula is C6H17AlClN. The van der Waals surface area contributed by atoms with Gasteiger partial charge in [-0.2, -0.15) is 0 Å². The number of hydrogen-bond acceptors (Lipinski definition) is 1. The minimum absolute atomic E-state index is 0. The van der Waals surface area contributed by atoms with Crippen LogP contribution in [0.25, 0.3) is 0 Å². The highest BCUT2D eigenvalue weighted by Gasteiger charge is 2.08. The van der Waals surface area contributed by atoms with E-state index in [-0.39, 0.29) is 23.5 Å². The van der Waals surface area contributed by atoms with Crippen molar-refractivity contribution in [3.05, 3.63) is 0 Å². The molecule has 0 aromatic carbocycles. The smallest absolute Gasteiger partial charge is 0.187 e. The predicted octanol–water partition coefficient (Wildman–Crippen LogP) is 1.54. The quantitative estimate of drug-likeness (QED) is 0.429. The Morgan fingerprint density at radius 1 is 1.00 bits per heavy atom. The van der Waals surface area contributed by atoms with E-state index in [1.165, 1.54) is 32.1 Å². The number of alkyl halides is 1. The zero-order valence-corrected chi connectivity index (χ0v) is 5.95. The lowest BCUT2D eigenvalue weighted by Gasteiger charge is -2.13. The van der Waals surface area contributed by atoms with E-state index in [9.17, 15) is 0 Å². The van der Waals surface area contributed by atoms with Crippen LogP contribution in [0.4, 0.5) is 0 Å². The first-order valence-electron chi connectivity index (χ1n) is 3.03. The van der Waals surface area contributed by atoms with Gasteiger partial charge in [-0.15, -0.1) is 11.6 Å². The Hall–Kier alpha value is 0.782. The largest absolute Gasteiger partial charge is 0.344 e. The summed E-state index contributed by atoms with van der Waals surface area (Å²) >= 11 is 5.82. The lowest BCUT2D eigenvalue weighted by molar-refractivity contribution is 0.511. The van der Waals surface area contributed by atoms with Crippen molar-refractivity contribution in [1.29, 1.82) is 0 Å². The topological polar surface area (TPSA) is 35.0 Å². The summed E-state index contributed by atoms with van der Waals surface area (Å²) in [5.41, 5.74) is 0. The average molecular weight is 166 g/mol. The fraction of sp³-hybridized carbons (Fsp3) is 1.00. The van der Waals surface area contributed by atoms with E-state index in [2.05, 4.69) is 0 Å². The molecule has 1 nitrogen and oxygen atoms in total. The molecule has 0 atom stereocenters. The van der Waals surface area contributed by atoms with Gasteiger partial charge in [-0.25, -0.2) is 0 Å². The number of halogens is 1. The van der Waals surface area contributed by atoms with E-state index in [0.29, 0.717) is 5.38 Å². The van der Waals surface area contributed by atoms with Crippen molar-refractivity contribution in [3.8, 4) is 0 Å². The van der Waals surface area contributed by atoms with Gasteiger partial charge in [0, 0.05) is 5.38 Å². The molecule has 1 rings (SSSR count). The molecule has 3 N–H and O–H groups in total. The van der Waals surface area contributed by atoms with Crippen LogP contribution in [0.3, 0.4) is 0 Å². The van der Waals surface area contributed by atoms with Gasteiger partial charge in [0.2, 0.25) is 0 Å². The first-order chi connectivity index (χ1) is 3.39. The molecule has 3 heteroatoms. The molecule has 1 aliphatic rings. The molecule has 9 heavy (non-hydrogen) atoms. The van der Waals surface area contributed by atoms with Crippen LogP contribution in [0, 0.1) is 0 Å². The van der Waals surface area contributed by atoms with Crippen molar-refractivity contribution >= 4 is 29.0 Å². The molecule has 0 aromatic rings. The molecule has 56 valence electrons. The average Bonchev–Trinajstić information content (AvgIpc) is 1.69. The molecular weight excluding hydrogens is 149 g/mol. The maximum absolute atomic E-state index is 5.82. The second-order valence-corrected chi connectivity index (χ2v) is 2.85. The third kappa shape index (κ3) is 5.24. The second-order valence-electron chi connectivity index (χ2n) is 2.24. The van der Waals surface area contributed by atoms with Gasteiger partial charge in [0.05, 0.1) is 0 Å². The Kier molecular flexibility index (Phi) is 9.55. The van der Waals surface area contributed by atoms with Crippen LogP contribution in [0.15, 0.2) is 0 Å². The zero-order valence-electron chi connectivity index (χ0n) is 5.20. The first kappa shape index (κ1) is 12.5. The molecule has 0 amide bonds. The fourth-order valence-corrected chi connectivity index (χ4v) is 1.36. The Morgan fingerprint density at radius 3 is 1.67 bits per heavy atom. The van der Waals surface area contributed by atoms with Crippen LogP contribution in [0.1, 0.15) is 32.1 Å². The maximum Gasteiger partial charge on any atom is 0.187 e. The van der Waals surface area contributed by atoms with Gasteiger partial charge in [0.1, 0.15) is 0 Å². The lowest BCUT2D eigenvalue weighted by atomic mass is 10.0. The molecule has 0 aliphatic heterocycles. The summed E-state index contributed by atoms with van der Waals surface area (Å²) in [6.45, 7) is 0. The molecule has 0 bridgehead atoms. The van der Waals surface area contributed by atoms with Crippen molar-refractivity contribution in [2.24, 2.45) is 0 Å². The van der Waals surface area contributed by atoms with Crippen LogP contribution in [-0.4, -0.2) is 22.7 Å². The highest BCUT2D eigenvalue weighted by molar-refractivity contribution is 6.20. The van der Waals surface area contributed by atoms with Gasteiger partial charge in [0.25, 0.3) is 0 Å². The molecule has 1 fully saturated rings. The van der Waals surface area contributed by atoms with Gasteiger partial charge in [-0.3, -0.25) is 0 Å². The van der Waals surface area contributed by atoms with Gasteiger partial charge in [0.15, 0.2) is 17.4 Å². The van der Waals surface area contributed by atoms with Gasteiger partial charge >= 0.3 is 0 Å². The summed E-state index contributed by atoms with van der Waals surface area (Å²) in [4.78, 5) is 0. The van der Waals surface area contributed by atoms with Crippen LogP contribution in [0.2, 0.25) is 0 Å². The van der Waals surface area contributed by atoms with E-state index < -0.39 is 0 Å². The van der Waals surface area contributed by atoms with E-state index in [1.807, 2.05) is 0 Å². The van der Waals surface area contributed by atoms with Crippen molar-refractivity contribution in [2.75, 3.05) is 0 Å². The molecule has 0 unspecified atom stereocenters. The molecule has 1 saturated carbocycles. The van der Waals surface area contributed by atoms with Gasteiger partial charge in [-0.05, 0) is 12.8 Å². The van der Waals surface area contributed by atoms with Crippen LogP contribution >= 0.6 is 11.6 Å². The Balaban J connectivity index is 0. The number of hydrogen-bond donors (Lipinski definition) is 1. The second kappa shape index (κ2) is 6.90. The predicted molar refractivity (Wildman–Crippen MR) is 47.7 cm³/mol. The summed E-state index contributed by atoms with van der Waals surface area (Å²) in [5.74, 6) is 0. The minimum atomic E-state index is 0. The Labute approximate surface area is 72.9 Å². The fourth-order valence-electron chi connectivity index (χ4n) is 1.05. The van der Waals surface area contributed by atoms with Crippen LogP contribution in [-0.2, 0) is 0 Å². The molecule has 0 saturated heterocycles. The number of rotatable bonds is 0. The van der Waals surface area contributed by atoms with E-state index >= 15 is 0 Å². The molecule has 1 aliphatic carbocycles. The maximum atomic E-state index is 5.82. The summed E-state index contributed by atoms with van der Waals surface area (Å²) < 4.78 is 0. The molecule has 0 radical (unpaired) electrons. The zero-order chi connectivity index (χ0) is 5.11. The first-order valence-corrected chi connectivity index (χ1v) is 3.47. The summed E-state index contributed by atoms with van der Waals surface area (Å²) in [7, 11) is 0. The summed E-state index contributed by atoms with van der Waals surface area (Å²) in [6.07, 6.45) is 6.62. The van der Waals surface area contributed by atoms with Crippen molar-refractivity contribution in [1.82, 2.24) is 6.15 Å². The van der Waals surface area contributed by atoms with E-state index in [1.54, 1.807) is 0 Å². The molecule has 0 heterocycles. The van der Waals surface area contributed by atoms with Crippen molar-refractivity contribution < 1.29 is 0 Å². The van der Waals surface area contributed by atoms with Crippen LogP contribution in [0.5, 0.6) is 0 Å². The molecule has 0 aromatic heterocycles. The Bertz CT molecular complexity index is 55.0. The third-order valence-electron chi connectivity index (χ3n) is 1.53. The minimum Gasteiger partial charge on any atom is -0.344 e. The highest BCUT2D eigenvalue weighted by atomic mass is 35.5. The molecule has 0 spiro atoms. The highest BCUT2D eigenvalue weighted by Crippen LogP contribution is 2.21. The lowest BCUT2D eigenvalue weighted by Crippen LogP contribution is -2.03. The van der Waals surface area contributed by atoms with Gasteiger partial charge in [-0.1, -0.05) is 19.3 Å².